The largest absolute Gasteiger partial charge is 0.478 e. The average molecular weight is 539 g/mol. The van der Waals surface area contributed by atoms with Crippen LogP contribution in [0.4, 0.5) is 5.95 Å². The van der Waals surface area contributed by atoms with Crippen LogP contribution in [0.1, 0.15) is 60.5 Å². The molecule has 0 aliphatic heterocycles. The third-order valence-corrected chi connectivity index (χ3v) is 8.51. The molecule has 10 heteroatoms. The number of aryl methyl sites for hydroxylation is 2. The number of nitrogens with zero attached hydrogens (tertiary/aromatic N) is 2. The molecule has 202 valence electrons. The second-order valence-electron chi connectivity index (χ2n) is 10.4. The standard InChI is InChI=1S/C28H34N4O5S/c1-18-7-4-8-19(2)25(18)23-16-24(37-17-21(29)11-14-28(3)12-6-13-28)31-27(30-23)32-38(35,36)22-10-5-9-20(15-22)26(33)34/h4-5,7-10,15-16,21H,6,11-14,17,29H2,1-3H3,(H,33,34)(H,30,31,32)/t21-/m1/s1. The van der Waals surface area contributed by atoms with Gasteiger partial charge in [-0.1, -0.05) is 37.6 Å². The number of rotatable bonds is 11. The van der Waals surface area contributed by atoms with E-state index in [4.69, 9.17) is 10.5 Å². The highest BCUT2D eigenvalue weighted by atomic mass is 32.2. The van der Waals surface area contributed by atoms with Crippen molar-refractivity contribution < 1.29 is 23.1 Å². The van der Waals surface area contributed by atoms with Crippen LogP contribution in [0.3, 0.4) is 0 Å². The molecule has 1 aromatic heterocycles. The molecule has 0 radical (unpaired) electrons. The number of nitrogens with two attached hydrogens (primary N) is 1. The Balaban J connectivity index is 1.61. The first-order chi connectivity index (χ1) is 18.0. The highest BCUT2D eigenvalue weighted by Gasteiger charge is 2.31. The van der Waals surface area contributed by atoms with Crippen LogP contribution in [0.5, 0.6) is 5.88 Å². The molecule has 2 aromatic carbocycles. The van der Waals surface area contributed by atoms with Gasteiger partial charge in [-0.3, -0.25) is 0 Å². The molecule has 9 nitrogen and oxygen atoms in total. The predicted octanol–water partition coefficient (Wildman–Crippen LogP) is 4.94. The summed E-state index contributed by atoms with van der Waals surface area (Å²) in [7, 11) is -4.18. The van der Waals surface area contributed by atoms with Crippen LogP contribution < -0.4 is 15.2 Å². The van der Waals surface area contributed by atoms with Gasteiger partial charge in [0, 0.05) is 17.7 Å². The van der Waals surface area contributed by atoms with E-state index in [0.717, 1.165) is 35.6 Å². The van der Waals surface area contributed by atoms with E-state index in [-0.39, 0.29) is 34.9 Å². The lowest BCUT2D eigenvalue weighted by molar-refractivity contribution is 0.0696. The number of hydrogen-bond acceptors (Lipinski definition) is 7. The molecule has 4 rings (SSSR count). The Morgan fingerprint density at radius 2 is 1.82 bits per heavy atom. The highest BCUT2D eigenvalue weighted by Crippen LogP contribution is 2.44. The summed E-state index contributed by atoms with van der Waals surface area (Å²) in [5.41, 5.74) is 9.81. The number of carboxylic acid groups (broad SMARTS) is 1. The minimum absolute atomic E-state index is 0.146. The summed E-state index contributed by atoms with van der Waals surface area (Å²) in [4.78, 5) is 19.9. The Morgan fingerprint density at radius 1 is 1.13 bits per heavy atom. The molecule has 1 atom stereocenters. The number of carbonyl (C=O) groups is 1. The Labute approximate surface area is 223 Å². The van der Waals surface area contributed by atoms with Gasteiger partial charge in [0.15, 0.2) is 0 Å². The molecule has 1 aliphatic rings. The molecule has 1 heterocycles. The number of sulfonamides is 1. The summed E-state index contributed by atoms with van der Waals surface area (Å²) in [5, 5.41) is 9.25. The maximum absolute atomic E-state index is 13.1. The van der Waals surface area contributed by atoms with Crippen LogP contribution in [0, 0.1) is 19.3 Å². The summed E-state index contributed by atoms with van der Waals surface area (Å²) < 4.78 is 34.5. The first-order valence-electron chi connectivity index (χ1n) is 12.7. The van der Waals surface area contributed by atoms with Crippen molar-refractivity contribution >= 4 is 21.9 Å². The van der Waals surface area contributed by atoms with Gasteiger partial charge in [0.05, 0.1) is 16.2 Å². The fourth-order valence-corrected chi connectivity index (χ4v) is 5.70. The fraction of sp³-hybridized carbons (Fsp3) is 0.393. The van der Waals surface area contributed by atoms with Crippen LogP contribution in [0.15, 0.2) is 53.4 Å². The lowest BCUT2D eigenvalue weighted by Gasteiger charge is -2.39. The zero-order valence-electron chi connectivity index (χ0n) is 21.9. The Bertz CT molecular complexity index is 1420. The molecule has 0 spiro atoms. The smallest absolute Gasteiger partial charge is 0.335 e. The summed E-state index contributed by atoms with van der Waals surface area (Å²) in [6, 6.07) is 12.4. The second kappa shape index (κ2) is 11.1. The number of aromatic nitrogens is 2. The van der Waals surface area contributed by atoms with E-state index in [1.807, 2.05) is 32.0 Å². The molecule has 1 saturated carbocycles. The first-order valence-corrected chi connectivity index (χ1v) is 14.1. The van der Waals surface area contributed by atoms with Crippen LogP contribution >= 0.6 is 0 Å². The molecule has 0 amide bonds. The maximum atomic E-state index is 13.1. The van der Waals surface area contributed by atoms with E-state index in [2.05, 4.69) is 21.6 Å². The van der Waals surface area contributed by atoms with E-state index in [1.165, 1.54) is 37.5 Å². The first kappa shape index (κ1) is 27.5. The lowest BCUT2D eigenvalue weighted by atomic mass is 9.67. The van der Waals surface area contributed by atoms with Gasteiger partial charge in [0.1, 0.15) is 6.61 Å². The normalized spacial score (nSPS) is 15.4. The number of anilines is 1. The van der Waals surface area contributed by atoms with Gasteiger partial charge in [-0.25, -0.2) is 22.9 Å². The van der Waals surface area contributed by atoms with Crippen molar-refractivity contribution in [3.05, 3.63) is 65.2 Å². The van der Waals surface area contributed by atoms with Gasteiger partial charge in [-0.2, -0.15) is 4.98 Å². The molecule has 0 saturated heterocycles. The molecule has 1 fully saturated rings. The lowest BCUT2D eigenvalue weighted by Crippen LogP contribution is -2.32. The zero-order valence-corrected chi connectivity index (χ0v) is 22.7. The Hall–Kier alpha value is -3.50. The number of nitrogens with one attached hydrogen (secondary N) is 1. The van der Waals surface area contributed by atoms with Gasteiger partial charge >= 0.3 is 5.97 Å². The van der Waals surface area contributed by atoms with Crippen LogP contribution in [-0.2, 0) is 10.0 Å². The third-order valence-electron chi connectivity index (χ3n) is 7.18. The number of hydrogen-bond donors (Lipinski definition) is 3. The van der Waals surface area contributed by atoms with Gasteiger partial charge in [-0.05, 0) is 74.3 Å². The molecule has 38 heavy (non-hydrogen) atoms. The SMILES string of the molecule is Cc1cccc(C)c1-c1cc(OC[C@H](N)CCC2(C)CCC2)nc(NS(=O)(=O)c2cccc(C(=O)O)c2)n1. The fourth-order valence-electron chi connectivity index (χ4n) is 4.71. The van der Waals surface area contributed by atoms with Gasteiger partial charge in [0.2, 0.25) is 11.8 Å². The molecule has 1 aliphatic carbocycles. The average Bonchev–Trinajstić information content (AvgIpc) is 2.84. The van der Waals surface area contributed by atoms with Crippen LogP contribution in [0.2, 0.25) is 0 Å². The molecule has 0 bridgehead atoms. The van der Waals surface area contributed by atoms with E-state index in [0.29, 0.717) is 11.1 Å². The zero-order chi connectivity index (χ0) is 27.5. The molecular formula is C28H34N4O5S. The quantitative estimate of drug-likeness (QED) is 0.311. The van der Waals surface area contributed by atoms with E-state index in [1.54, 1.807) is 6.07 Å². The van der Waals surface area contributed by atoms with E-state index >= 15 is 0 Å². The topological polar surface area (TPSA) is 144 Å². The van der Waals surface area contributed by atoms with E-state index in [9.17, 15) is 18.3 Å². The van der Waals surface area contributed by atoms with Crippen LogP contribution in [-0.4, -0.2) is 42.1 Å². The number of ether oxygens (including phenoxy) is 1. The van der Waals surface area contributed by atoms with Crippen LogP contribution in [0.25, 0.3) is 11.3 Å². The van der Waals surface area contributed by atoms with Crippen molar-refractivity contribution in [1.29, 1.82) is 0 Å². The highest BCUT2D eigenvalue weighted by molar-refractivity contribution is 7.92. The Morgan fingerprint density at radius 3 is 2.45 bits per heavy atom. The summed E-state index contributed by atoms with van der Waals surface area (Å²) in [6.45, 7) is 6.41. The molecule has 3 aromatic rings. The predicted molar refractivity (Wildman–Crippen MR) is 146 cm³/mol. The summed E-state index contributed by atoms with van der Waals surface area (Å²) >= 11 is 0. The second-order valence-corrected chi connectivity index (χ2v) is 12.1. The van der Waals surface area contributed by atoms with E-state index < -0.39 is 16.0 Å². The molecule has 0 unspecified atom stereocenters. The van der Waals surface area contributed by atoms with Crippen molar-refractivity contribution in [2.45, 2.75) is 63.8 Å². The van der Waals surface area contributed by atoms with Crippen molar-refractivity contribution in [3.63, 3.8) is 0 Å². The third kappa shape index (κ3) is 6.49. The Kier molecular flexibility index (Phi) is 8.03. The molecule has 4 N–H and O–H groups in total. The maximum Gasteiger partial charge on any atom is 0.335 e. The number of benzene rings is 2. The van der Waals surface area contributed by atoms with Gasteiger partial charge in [0.25, 0.3) is 10.0 Å². The minimum atomic E-state index is -4.18. The summed E-state index contributed by atoms with van der Waals surface area (Å²) in [5.74, 6) is -1.22. The monoisotopic (exact) mass is 538 g/mol. The van der Waals surface area contributed by atoms with Gasteiger partial charge in [-0.15, -0.1) is 0 Å². The van der Waals surface area contributed by atoms with Crippen molar-refractivity contribution in [3.8, 4) is 17.1 Å². The minimum Gasteiger partial charge on any atom is -0.478 e. The molecular weight excluding hydrogens is 504 g/mol. The number of aromatic carboxylic acids is 1. The summed E-state index contributed by atoms with van der Waals surface area (Å²) in [6.07, 6.45) is 5.58. The number of carboxylic acids is 1. The van der Waals surface area contributed by atoms with Crippen molar-refractivity contribution in [1.82, 2.24) is 9.97 Å². The van der Waals surface area contributed by atoms with Crippen molar-refractivity contribution in [2.24, 2.45) is 11.1 Å². The van der Waals surface area contributed by atoms with Crippen molar-refractivity contribution in [2.75, 3.05) is 11.3 Å². The van der Waals surface area contributed by atoms with Gasteiger partial charge < -0.3 is 15.6 Å².